The van der Waals surface area contributed by atoms with Crippen LogP contribution in [0.15, 0.2) is 97.1 Å². The molecule has 0 unspecified atom stereocenters. The number of nitrogens with one attached hydrogen (secondary N) is 1. The zero-order valence-electron chi connectivity index (χ0n) is 22.0. The van der Waals surface area contributed by atoms with Gasteiger partial charge in [-0.25, -0.2) is 9.65 Å². The van der Waals surface area contributed by atoms with Gasteiger partial charge in [0.2, 0.25) is 0 Å². The van der Waals surface area contributed by atoms with Gasteiger partial charge in [0.05, 0.1) is 26.9 Å². The second-order valence-corrected chi connectivity index (χ2v) is 11.7. The Bertz CT molecular complexity index is 1410. The molecule has 2 aliphatic carbocycles. The van der Waals surface area contributed by atoms with Gasteiger partial charge in [-0.3, -0.25) is 13.8 Å². The van der Waals surface area contributed by atoms with Gasteiger partial charge in [0.15, 0.2) is 0 Å². The Kier molecular flexibility index (Phi) is 7.41. The predicted octanol–water partition coefficient (Wildman–Crippen LogP) is 5.88. The molecule has 40 heavy (non-hydrogen) atoms. The maximum Gasteiger partial charge on any atom is 0.406 e. The van der Waals surface area contributed by atoms with Crippen molar-refractivity contribution >= 4 is 13.7 Å². The summed E-state index contributed by atoms with van der Waals surface area (Å²) in [6.45, 7) is -0.529. The molecule has 2 aliphatic rings. The summed E-state index contributed by atoms with van der Waals surface area (Å²) in [4.78, 5) is 12.3. The van der Waals surface area contributed by atoms with Gasteiger partial charge < -0.3 is 9.84 Å². The Morgan fingerprint density at radius 3 is 1.40 bits per heavy atom. The topological polar surface area (TPSA) is 94.1 Å². The van der Waals surface area contributed by atoms with Crippen molar-refractivity contribution in [1.29, 1.82) is 0 Å². The van der Waals surface area contributed by atoms with Crippen LogP contribution in [0, 0.1) is 0 Å². The number of benzene rings is 4. The molecular formula is C32H30NO6P. The summed E-state index contributed by atoms with van der Waals surface area (Å²) in [7, 11) is -2.92. The van der Waals surface area contributed by atoms with E-state index < -0.39 is 26.4 Å². The maximum atomic E-state index is 14.3. The van der Waals surface area contributed by atoms with Crippen LogP contribution in [0.1, 0.15) is 34.1 Å². The van der Waals surface area contributed by atoms with Crippen LogP contribution in [0.5, 0.6) is 0 Å². The summed E-state index contributed by atoms with van der Waals surface area (Å²) in [5.74, 6) is -1.11. The lowest BCUT2D eigenvalue weighted by atomic mass is 9.98. The average molecular weight is 556 g/mol. The number of rotatable bonds is 10. The van der Waals surface area contributed by atoms with E-state index in [-0.39, 0.29) is 25.0 Å². The van der Waals surface area contributed by atoms with Crippen LogP contribution >= 0.6 is 7.75 Å². The lowest BCUT2D eigenvalue weighted by molar-refractivity contribution is -0.143. The van der Waals surface area contributed by atoms with Gasteiger partial charge >= 0.3 is 13.7 Å². The normalized spacial score (nSPS) is 14.8. The SMILES string of the molecule is COC(=O)[C@H](CO)NP(=O)(OCC1c2ccccc2-c2ccccc21)OCC1c2ccccc2-c2ccccc21. The molecule has 4 aromatic carbocycles. The molecule has 0 spiro atoms. The first-order valence-corrected chi connectivity index (χ1v) is 14.8. The van der Waals surface area contributed by atoms with Gasteiger partial charge in [-0.2, -0.15) is 0 Å². The Labute approximate surface area is 233 Å². The van der Waals surface area contributed by atoms with Crippen molar-refractivity contribution in [3.63, 3.8) is 0 Å². The number of carbonyl (C=O) groups is 1. The third kappa shape index (κ3) is 4.81. The van der Waals surface area contributed by atoms with Gasteiger partial charge in [-0.15, -0.1) is 0 Å². The molecule has 0 aromatic heterocycles. The molecule has 0 amide bonds. The lowest BCUT2D eigenvalue weighted by Crippen LogP contribution is -2.39. The standard InChI is InChI=1S/C32H30NO6P/c1-37-32(35)31(18-34)33-40(36,38-19-29-25-14-6-2-10-21(25)22-11-3-7-15-26(22)29)39-20-30-27-16-8-4-12-23(27)24-13-5-9-17-28(24)30/h2-17,29-31,34H,18-20H2,1H3,(H,33,36)/t31-/m0/s1. The Balaban J connectivity index is 1.29. The van der Waals surface area contributed by atoms with E-state index in [1.54, 1.807) is 0 Å². The van der Waals surface area contributed by atoms with Crippen LogP contribution in [0.25, 0.3) is 22.3 Å². The molecule has 6 rings (SSSR count). The number of carbonyl (C=O) groups excluding carboxylic acids is 1. The molecule has 0 saturated heterocycles. The number of ether oxygens (including phenoxy) is 1. The van der Waals surface area contributed by atoms with Crippen molar-refractivity contribution in [2.24, 2.45) is 0 Å². The van der Waals surface area contributed by atoms with Crippen molar-refractivity contribution in [2.75, 3.05) is 26.9 Å². The first-order valence-electron chi connectivity index (χ1n) is 13.2. The van der Waals surface area contributed by atoms with Crippen molar-refractivity contribution < 1.29 is 28.3 Å². The second-order valence-electron chi connectivity index (χ2n) is 9.93. The van der Waals surface area contributed by atoms with Crippen LogP contribution in [0.3, 0.4) is 0 Å². The number of aliphatic hydroxyl groups excluding tert-OH is 1. The Morgan fingerprint density at radius 2 is 1.07 bits per heavy atom. The zero-order chi connectivity index (χ0) is 27.7. The lowest BCUT2D eigenvalue weighted by Gasteiger charge is -2.26. The summed E-state index contributed by atoms with van der Waals surface area (Å²) in [5, 5.41) is 12.5. The highest BCUT2D eigenvalue weighted by Crippen LogP contribution is 2.52. The monoisotopic (exact) mass is 555 g/mol. The molecule has 0 aliphatic heterocycles. The maximum absolute atomic E-state index is 14.3. The highest BCUT2D eigenvalue weighted by Gasteiger charge is 2.38. The number of esters is 1. The zero-order valence-corrected chi connectivity index (χ0v) is 22.9. The number of hydrogen-bond donors (Lipinski definition) is 2. The van der Waals surface area contributed by atoms with Crippen LogP contribution < -0.4 is 5.09 Å². The molecule has 7 nitrogen and oxygen atoms in total. The van der Waals surface area contributed by atoms with Gasteiger partial charge in [0.25, 0.3) is 0 Å². The minimum absolute atomic E-state index is 0.0511. The van der Waals surface area contributed by atoms with E-state index >= 15 is 0 Å². The number of hydrogen-bond acceptors (Lipinski definition) is 6. The average Bonchev–Trinajstić information content (AvgIpc) is 3.50. The van der Waals surface area contributed by atoms with Crippen molar-refractivity contribution in [2.45, 2.75) is 17.9 Å². The van der Waals surface area contributed by atoms with Crippen LogP contribution in [0.2, 0.25) is 0 Å². The molecular weight excluding hydrogens is 525 g/mol. The molecule has 8 heteroatoms. The van der Waals surface area contributed by atoms with Crippen LogP contribution in [-0.4, -0.2) is 44.0 Å². The summed E-state index contributed by atoms with van der Waals surface area (Å²) >= 11 is 0. The molecule has 1 atom stereocenters. The Hall–Kier alpha value is -3.58. The van der Waals surface area contributed by atoms with Gasteiger partial charge in [-0.05, 0) is 44.5 Å². The number of methoxy groups -OCH3 is 1. The molecule has 204 valence electrons. The third-order valence-electron chi connectivity index (χ3n) is 7.73. The van der Waals surface area contributed by atoms with E-state index in [4.69, 9.17) is 13.8 Å². The molecule has 0 radical (unpaired) electrons. The van der Waals surface area contributed by atoms with E-state index in [1.165, 1.54) is 7.11 Å². The van der Waals surface area contributed by atoms with Crippen molar-refractivity contribution in [3.8, 4) is 22.3 Å². The first kappa shape index (κ1) is 26.6. The van der Waals surface area contributed by atoms with Gasteiger partial charge in [-0.1, -0.05) is 97.1 Å². The first-order chi connectivity index (χ1) is 19.5. The van der Waals surface area contributed by atoms with E-state index in [9.17, 15) is 14.5 Å². The van der Waals surface area contributed by atoms with Gasteiger partial charge in [0.1, 0.15) is 6.04 Å². The second kappa shape index (κ2) is 11.1. The Morgan fingerprint density at radius 1 is 0.725 bits per heavy atom. The largest absolute Gasteiger partial charge is 0.468 e. The van der Waals surface area contributed by atoms with Crippen LogP contribution in [-0.2, 0) is 23.1 Å². The number of fused-ring (bicyclic) bond motifs is 6. The van der Waals surface area contributed by atoms with Crippen LogP contribution in [0.4, 0.5) is 0 Å². The smallest absolute Gasteiger partial charge is 0.406 e. The molecule has 4 aromatic rings. The summed E-state index contributed by atoms with van der Waals surface area (Å²) in [5.41, 5.74) is 8.71. The van der Waals surface area contributed by atoms with Crippen molar-refractivity contribution in [3.05, 3.63) is 119 Å². The highest BCUT2D eigenvalue weighted by molar-refractivity contribution is 7.51. The minimum atomic E-state index is -4.12. The third-order valence-corrected chi connectivity index (χ3v) is 9.34. The quantitative estimate of drug-likeness (QED) is 0.187. The highest BCUT2D eigenvalue weighted by atomic mass is 31.2. The van der Waals surface area contributed by atoms with E-state index in [0.29, 0.717) is 0 Å². The van der Waals surface area contributed by atoms with Gasteiger partial charge in [0, 0.05) is 11.8 Å². The van der Waals surface area contributed by atoms with E-state index in [1.807, 2.05) is 72.8 Å². The van der Waals surface area contributed by atoms with Crippen molar-refractivity contribution in [1.82, 2.24) is 5.09 Å². The number of aliphatic hydroxyl groups is 1. The summed E-state index contributed by atoms with van der Waals surface area (Å²) < 4.78 is 31.3. The summed E-state index contributed by atoms with van der Waals surface area (Å²) in [6, 6.07) is 31.0. The molecule has 2 N–H and O–H groups in total. The minimum Gasteiger partial charge on any atom is -0.468 e. The fourth-order valence-electron chi connectivity index (χ4n) is 5.84. The summed E-state index contributed by atoms with van der Waals surface area (Å²) in [6.07, 6.45) is 0. The molecule has 0 bridgehead atoms. The van der Waals surface area contributed by atoms with E-state index in [2.05, 4.69) is 29.4 Å². The fraction of sp³-hybridized carbons (Fsp3) is 0.219. The van der Waals surface area contributed by atoms with E-state index in [0.717, 1.165) is 44.5 Å². The molecule has 0 saturated carbocycles. The fourth-order valence-corrected chi connectivity index (χ4v) is 7.32. The molecule has 0 heterocycles. The predicted molar refractivity (Wildman–Crippen MR) is 153 cm³/mol. The molecule has 0 fully saturated rings.